The van der Waals surface area contributed by atoms with Crippen LogP contribution in [-0.2, 0) is 4.79 Å². The van der Waals surface area contributed by atoms with Crippen LogP contribution in [0, 0.1) is 23.6 Å². The number of fused-ring (bicyclic) bond motifs is 1. The first-order valence-electron chi connectivity index (χ1n) is 11.6. The molecule has 0 radical (unpaired) electrons. The van der Waals surface area contributed by atoms with Gasteiger partial charge in [-0.1, -0.05) is 36.8 Å². The molecule has 2 aromatic carbocycles. The summed E-state index contributed by atoms with van der Waals surface area (Å²) in [6, 6.07) is 12.9. The summed E-state index contributed by atoms with van der Waals surface area (Å²) in [7, 11) is 0. The molecule has 170 valence electrons. The predicted octanol–water partition coefficient (Wildman–Crippen LogP) is 3.18. The summed E-state index contributed by atoms with van der Waals surface area (Å²) in [5, 5.41) is 9.98. The second-order valence-corrected chi connectivity index (χ2v) is 9.21. The van der Waals surface area contributed by atoms with E-state index in [9.17, 15) is 19.1 Å². The van der Waals surface area contributed by atoms with Gasteiger partial charge in [-0.15, -0.1) is 0 Å². The largest absolute Gasteiger partial charge is 0.394 e. The third-order valence-corrected chi connectivity index (χ3v) is 7.20. The van der Waals surface area contributed by atoms with Crippen molar-refractivity contribution in [2.75, 3.05) is 19.7 Å². The third-order valence-electron chi connectivity index (χ3n) is 7.20. The molecule has 3 fully saturated rings. The number of nitrogens with zero attached hydrogens (tertiary/aromatic N) is 2. The fraction of sp³-hybridized carbons (Fsp3) is 0.407. The van der Waals surface area contributed by atoms with Crippen LogP contribution in [-0.4, -0.2) is 58.5 Å². The van der Waals surface area contributed by atoms with Gasteiger partial charge in [-0.2, -0.15) is 0 Å². The molecule has 1 saturated carbocycles. The van der Waals surface area contributed by atoms with E-state index in [0.717, 1.165) is 11.1 Å². The fourth-order valence-corrected chi connectivity index (χ4v) is 5.47. The van der Waals surface area contributed by atoms with Crippen LogP contribution in [0.5, 0.6) is 0 Å². The van der Waals surface area contributed by atoms with Crippen LogP contribution in [0.2, 0.25) is 0 Å². The molecule has 1 N–H and O–H groups in total. The molecule has 3 atom stereocenters. The lowest BCUT2D eigenvalue weighted by molar-refractivity contribution is -0.159. The maximum absolute atomic E-state index is 13.2. The Balaban J connectivity index is 1.33. The van der Waals surface area contributed by atoms with Crippen molar-refractivity contribution in [2.24, 2.45) is 5.92 Å². The summed E-state index contributed by atoms with van der Waals surface area (Å²) in [5.74, 6) is 6.23. The van der Waals surface area contributed by atoms with Gasteiger partial charge >= 0.3 is 0 Å². The predicted molar refractivity (Wildman–Crippen MR) is 122 cm³/mol. The van der Waals surface area contributed by atoms with Crippen LogP contribution in [0.25, 0.3) is 0 Å². The lowest BCUT2D eigenvalue weighted by atomic mass is 9.73. The fourth-order valence-electron chi connectivity index (χ4n) is 5.47. The van der Waals surface area contributed by atoms with Crippen LogP contribution in [0.15, 0.2) is 48.5 Å². The number of hydrogen-bond acceptors (Lipinski definition) is 3. The van der Waals surface area contributed by atoms with Crippen molar-refractivity contribution in [2.45, 2.75) is 43.7 Å². The molecule has 33 heavy (non-hydrogen) atoms. The molecule has 6 heteroatoms. The Hall–Kier alpha value is -3.17. The zero-order valence-corrected chi connectivity index (χ0v) is 18.4. The van der Waals surface area contributed by atoms with Gasteiger partial charge in [0.25, 0.3) is 5.91 Å². The lowest BCUT2D eigenvalue weighted by Crippen LogP contribution is -2.73. The Kier molecular flexibility index (Phi) is 5.90. The van der Waals surface area contributed by atoms with Crippen molar-refractivity contribution in [3.8, 4) is 11.8 Å². The molecule has 5 rings (SSSR count). The average Bonchev–Trinajstić information content (AvgIpc) is 3.33. The number of rotatable bonds is 3. The van der Waals surface area contributed by atoms with Crippen molar-refractivity contribution in [3.63, 3.8) is 0 Å². The average molecular weight is 447 g/mol. The van der Waals surface area contributed by atoms with Gasteiger partial charge in [0.15, 0.2) is 0 Å². The van der Waals surface area contributed by atoms with Gasteiger partial charge in [0.2, 0.25) is 5.91 Å². The molecule has 5 nitrogen and oxygen atoms in total. The highest BCUT2D eigenvalue weighted by atomic mass is 19.1. The quantitative estimate of drug-likeness (QED) is 0.737. The second-order valence-electron chi connectivity index (χ2n) is 9.21. The first-order chi connectivity index (χ1) is 16.0. The second kappa shape index (κ2) is 8.99. The minimum Gasteiger partial charge on any atom is -0.394 e. The van der Waals surface area contributed by atoms with Crippen molar-refractivity contribution < 1.29 is 19.1 Å². The molecule has 2 saturated heterocycles. The van der Waals surface area contributed by atoms with Crippen LogP contribution in [0.3, 0.4) is 0 Å². The molecule has 0 spiro atoms. The highest BCUT2D eigenvalue weighted by Crippen LogP contribution is 2.43. The summed E-state index contributed by atoms with van der Waals surface area (Å²) < 4.78 is 13.2. The number of carbonyl (C=O) groups excluding carboxylic acids is 2. The van der Waals surface area contributed by atoms with Gasteiger partial charge in [-0.3, -0.25) is 9.59 Å². The van der Waals surface area contributed by atoms with Gasteiger partial charge in [0, 0.05) is 29.5 Å². The maximum atomic E-state index is 13.2. The molecule has 2 aromatic rings. The molecule has 1 aliphatic carbocycles. The summed E-state index contributed by atoms with van der Waals surface area (Å²) in [6.07, 6.45) is 4.90. The number of halogens is 1. The number of amides is 2. The molecule has 0 unspecified atom stereocenters. The zero-order valence-electron chi connectivity index (χ0n) is 18.4. The number of aliphatic hydroxyl groups is 1. The SMILES string of the molecule is O=C(c1ccc(F)cc1)N1CC(=O)N2[C@@H](CO)[C@@H](c3ccc(C#CC4CCCC4)cc3)[C@@H]2C1. The van der Waals surface area contributed by atoms with Crippen LogP contribution in [0.4, 0.5) is 4.39 Å². The van der Waals surface area contributed by atoms with E-state index in [1.165, 1.54) is 54.8 Å². The van der Waals surface area contributed by atoms with E-state index in [4.69, 9.17) is 0 Å². The first kappa shape index (κ1) is 21.7. The Morgan fingerprint density at radius 1 is 1.06 bits per heavy atom. The van der Waals surface area contributed by atoms with E-state index in [2.05, 4.69) is 11.8 Å². The number of carbonyl (C=O) groups is 2. The van der Waals surface area contributed by atoms with Crippen molar-refractivity contribution in [1.82, 2.24) is 9.80 Å². The van der Waals surface area contributed by atoms with Gasteiger partial charge in [0.1, 0.15) is 12.4 Å². The highest BCUT2D eigenvalue weighted by molar-refractivity contribution is 5.97. The normalized spacial score (nSPS) is 24.7. The topological polar surface area (TPSA) is 60.9 Å². The van der Waals surface area contributed by atoms with Crippen molar-refractivity contribution in [1.29, 1.82) is 0 Å². The van der Waals surface area contributed by atoms with E-state index < -0.39 is 5.82 Å². The van der Waals surface area contributed by atoms with Crippen molar-refractivity contribution >= 4 is 11.8 Å². The Morgan fingerprint density at radius 2 is 1.76 bits per heavy atom. The highest BCUT2D eigenvalue weighted by Gasteiger charge is 2.54. The summed E-state index contributed by atoms with van der Waals surface area (Å²) in [5.41, 5.74) is 2.36. The van der Waals surface area contributed by atoms with E-state index >= 15 is 0 Å². The Labute approximate surface area is 193 Å². The number of aliphatic hydroxyl groups excluding tert-OH is 1. The number of hydrogen-bond donors (Lipinski definition) is 1. The van der Waals surface area contributed by atoms with Gasteiger partial charge in [-0.25, -0.2) is 4.39 Å². The van der Waals surface area contributed by atoms with Gasteiger partial charge in [0.05, 0.1) is 18.7 Å². The monoisotopic (exact) mass is 446 g/mol. The van der Waals surface area contributed by atoms with E-state index in [1.54, 1.807) is 4.90 Å². The molecule has 2 heterocycles. The Morgan fingerprint density at radius 3 is 2.42 bits per heavy atom. The molecule has 3 aliphatic rings. The molecule has 0 aromatic heterocycles. The zero-order chi connectivity index (χ0) is 22.9. The maximum Gasteiger partial charge on any atom is 0.254 e. The van der Waals surface area contributed by atoms with Crippen LogP contribution < -0.4 is 0 Å². The van der Waals surface area contributed by atoms with E-state index in [0.29, 0.717) is 18.0 Å². The summed E-state index contributed by atoms with van der Waals surface area (Å²) in [4.78, 5) is 29.0. The Bertz CT molecular complexity index is 1100. The molecule has 2 amide bonds. The van der Waals surface area contributed by atoms with Crippen LogP contribution in [0.1, 0.15) is 53.1 Å². The minimum atomic E-state index is -0.409. The summed E-state index contributed by atoms with van der Waals surface area (Å²) >= 11 is 0. The molecular formula is C27H27FN2O3. The van der Waals surface area contributed by atoms with E-state index in [-0.39, 0.29) is 43.0 Å². The first-order valence-corrected chi connectivity index (χ1v) is 11.6. The summed E-state index contributed by atoms with van der Waals surface area (Å²) in [6.45, 7) is 0.222. The number of piperazine rings is 1. The standard InChI is InChI=1S/C27H27FN2O3/c28-22-13-11-21(12-14-22)27(33)29-15-23-26(24(17-31)30(23)25(32)16-29)20-9-7-19(8-10-20)6-5-18-3-1-2-4-18/h7-14,18,23-24,26,31H,1-4,15-17H2/t23-,24-,26-/m0/s1. The molecule has 0 bridgehead atoms. The lowest BCUT2D eigenvalue weighted by Gasteiger charge is -2.58. The van der Waals surface area contributed by atoms with Crippen LogP contribution >= 0.6 is 0 Å². The minimum absolute atomic E-state index is 0.0361. The van der Waals surface area contributed by atoms with Crippen molar-refractivity contribution in [3.05, 3.63) is 71.0 Å². The molecular weight excluding hydrogens is 419 g/mol. The third kappa shape index (κ3) is 4.14. The van der Waals surface area contributed by atoms with E-state index in [1.807, 2.05) is 24.3 Å². The smallest absolute Gasteiger partial charge is 0.254 e. The molecule has 2 aliphatic heterocycles. The van der Waals surface area contributed by atoms with Gasteiger partial charge < -0.3 is 14.9 Å². The van der Waals surface area contributed by atoms with Gasteiger partial charge in [-0.05, 0) is 54.8 Å². The number of benzene rings is 2.